The third-order valence-corrected chi connectivity index (χ3v) is 2.28. The van der Waals surface area contributed by atoms with Crippen LogP contribution in [-0.2, 0) is 9.47 Å². The molecule has 1 aromatic rings. The number of ether oxygens (including phenoxy) is 2. The van der Waals surface area contributed by atoms with E-state index >= 15 is 0 Å². The Morgan fingerprint density at radius 1 is 1.37 bits per heavy atom. The fraction of sp³-hybridized carbons (Fsp3) is 0.417. The van der Waals surface area contributed by atoms with Gasteiger partial charge in [0.15, 0.2) is 0 Å². The molecular weight excluding hydrogens is 252 g/mol. The SMILES string of the molecule is CCCOCCOC(=O)c1ccc([N+](=O)[O-])cc1N. The first kappa shape index (κ1) is 14.9. The Labute approximate surface area is 110 Å². The standard InChI is InChI=1S/C12H16N2O5/c1-2-5-18-6-7-19-12(15)10-4-3-9(14(16)17)8-11(10)13/h3-4,8H,2,5-7,13H2,1H3. The lowest BCUT2D eigenvalue weighted by atomic mass is 10.1. The van der Waals surface area contributed by atoms with Crippen LogP contribution in [0, 0.1) is 10.1 Å². The fourth-order valence-corrected chi connectivity index (χ4v) is 1.37. The molecule has 0 aliphatic rings. The predicted octanol–water partition coefficient (Wildman–Crippen LogP) is 1.76. The van der Waals surface area contributed by atoms with Crippen molar-refractivity contribution >= 4 is 17.3 Å². The highest BCUT2D eigenvalue weighted by molar-refractivity contribution is 5.95. The van der Waals surface area contributed by atoms with E-state index in [9.17, 15) is 14.9 Å². The second-order valence-electron chi connectivity index (χ2n) is 3.78. The molecule has 2 N–H and O–H groups in total. The number of esters is 1. The molecule has 0 atom stereocenters. The Morgan fingerprint density at radius 3 is 2.68 bits per heavy atom. The van der Waals surface area contributed by atoms with Crippen molar-refractivity contribution in [2.24, 2.45) is 0 Å². The van der Waals surface area contributed by atoms with Gasteiger partial charge in [0.25, 0.3) is 5.69 Å². The average molecular weight is 268 g/mol. The lowest BCUT2D eigenvalue weighted by Gasteiger charge is -2.07. The number of hydrogen-bond donors (Lipinski definition) is 1. The molecule has 0 radical (unpaired) electrons. The molecule has 0 saturated heterocycles. The molecular formula is C12H16N2O5. The van der Waals surface area contributed by atoms with Crippen molar-refractivity contribution in [3.8, 4) is 0 Å². The average Bonchev–Trinajstić information content (AvgIpc) is 2.38. The summed E-state index contributed by atoms with van der Waals surface area (Å²) >= 11 is 0. The van der Waals surface area contributed by atoms with Gasteiger partial charge in [0.2, 0.25) is 0 Å². The Morgan fingerprint density at radius 2 is 2.11 bits per heavy atom. The summed E-state index contributed by atoms with van der Waals surface area (Å²) < 4.78 is 10.1. The maximum absolute atomic E-state index is 11.7. The summed E-state index contributed by atoms with van der Waals surface area (Å²) in [6, 6.07) is 3.62. The van der Waals surface area contributed by atoms with Crippen LogP contribution in [-0.4, -0.2) is 30.7 Å². The van der Waals surface area contributed by atoms with E-state index in [-0.39, 0.29) is 23.5 Å². The maximum Gasteiger partial charge on any atom is 0.340 e. The van der Waals surface area contributed by atoms with Gasteiger partial charge in [-0.05, 0) is 12.5 Å². The van der Waals surface area contributed by atoms with Crippen LogP contribution in [0.3, 0.4) is 0 Å². The summed E-state index contributed by atoms with van der Waals surface area (Å²) in [4.78, 5) is 21.6. The predicted molar refractivity (Wildman–Crippen MR) is 68.9 cm³/mol. The molecule has 0 amide bonds. The van der Waals surface area contributed by atoms with Crippen LogP contribution in [0.15, 0.2) is 18.2 Å². The second kappa shape index (κ2) is 7.32. The summed E-state index contributed by atoms with van der Waals surface area (Å²) in [6.45, 7) is 3.02. The molecule has 0 aliphatic heterocycles. The summed E-state index contributed by atoms with van der Waals surface area (Å²) in [5.41, 5.74) is 5.54. The Kier molecular flexibility index (Phi) is 5.74. The van der Waals surface area contributed by atoms with Gasteiger partial charge in [-0.25, -0.2) is 4.79 Å². The van der Waals surface area contributed by atoms with Crippen LogP contribution >= 0.6 is 0 Å². The number of rotatable bonds is 7. The highest BCUT2D eigenvalue weighted by Gasteiger charge is 2.15. The zero-order valence-corrected chi connectivity index (χ0v) is 10.6. The molecule has 1 rings (SSSR count). The van der Waals surface area contributed by atoms with Crippen LogP contribution in [0.5, 0.6) is 0 Å². The van der Waals surface area contributed by atoms with Crippen molar-refractivity contribution in [3.63, 3.8) is 0 Å². The quantitative estimate of drug-likeness (QED) is 0.265. The van der Waals surface area contributed by atoms with Gasteiger partial charge in [-0.2, -0.15) is 0 Å². The van der Waals surface area contributed by atoms with Crippen LogP contribution in [0.2, 0.25) is 0 Å². The minimum atomic E-state index is -0.618. The maximum atomic E-state index is 11.7. The number of anilines is 1. The number of benzene rings is 1. The first-order valence-electron chi connectivity index (χ1n) is 5.85. The van der Waals surface area contributed by atoms with E-state index in [1.54, 1.807) is 0 Å². The number of carbonyl (C=O) groups is 1. The normalized spacial score (nSPS) is 10.2. The Hall–Kier alpha value is -2.15. The molecule has 0 aromatic heterocycles. The van der Waals surface area contributed by atoms with Crippen molar-refractivity contribution < 1.29 is 19.2 Å². The third-order valence-electron chi connectivity index (χ3n) is 2.28. The lowest BCUT2D eigenvalue weighted by molar-refractivity contribution is -0.384. The van der Waals surface area contributed by atoms with Crippen LogP contribution in [0.1, 0.15) is 23.7 Å². The molecule has 0 spiro atoms. The van der Waals surface area contributed by atoms with Gasteiger partial charge in [-0.15, -0.1) is 0 Å². The topological polar surface area (TPSA) is 105 Å². The molecule has 0 saturated carbocycles. The van der Waals surface area contributed by atoms with Crippen molar-refractivity contribution in [1.29, 1.82) is 0 Å². The number of nitro benzene ring substituents is 1. The van der Waals surface area contributed by atoms with E-state index in [4.69, 9.17) is 15.2 Å². The van der Waals surface area contributed by atoms with Crippen molar-refractivity contribution in [2.75, 3.05) is 25.6 Å². The zero-order chi connectivity index (χ0) is 14.3. The number of nitro groups is 1. The van der Waals surface area contributed by atoms with E-state index in [0.717, 1.165) is 12.5 Å². The smallest absolute Gasteiger partial charge is 0.340 e. The van der Waals surface area contributed by atoms with Crippen LogP contribution < -0.4 is 5.73 Å². The highest BCUT2D eigenvalue weighted by Crippen LogP contribution is 2.20. The first-order chi connectivity index (χ1) is 9.06. The van der Waals surface area contributed by atoms with Gasteiger partial charge >= 0.3 is 5.97 Å². The fourth-order valence-electron chi connectivity index (χ4n) is 1.37. The summed E-state index contributed by atoms with van der Waals surface area (Å²) in [7, 11) is 0. The molecule has 0 unspecified atom stereocenters. The van der Waals surface area contributed by atoms with E-state index in [0.29, 0.717) is 13.2 Å². The highest BCUT2D eigenvalue weighted by atomic mass is 16.6. The van der Waals surface area contributed by atoms with Gasteiger partial charge < -0.3 is 15.2 Å². The third kappa shape index (κ3) is 4.55. The van der Waals surface area contributed by atoms with Crippen LogP contribution in [0.25, 0.3) is 0 Å². The van der Waals surface area contributed by atoms with E-state index in [1.807, 2.05) is 6.92 Å². The minimum absolute atomic E-state index is 0.0219. The molecule has 7 heteroatoms. The summed E-state index contributed by atoms with van der Waals surface area (Å²) in [5.74, 6) is -0.618. The molecule has 0 bridgehead atoms. The molecule has 19 heavy (non-hydrogen) atoms. The second-order valence-corrected chi connectivity index (χ2v) is 3.78. The van der Waals surface area contributed by atoms with Crippen molar-refractivity contribution in [2.45, 2.75) is 13.3 Å². The zero-order valence-electron chi connectivity index (χ0n) is 10.6. The molecule has 0 aliphatic carbocycles. The Bertz CT molecular complexity index is 461. The van der Waals surface area contributed by atoms with Gasteiger partial charge in [0, 0.05) is 18.7 Å². The number of non-ortho nitro benzene ring substituents is 1. The molecule has 0 heterocycles. The number of nitrogens with zero attached hydrogens (tertiary/aromatic N) is 1. The van der Waals surface area contributed by atoms with Gasteiger partial charge in [-0.1, -0.05) is 6.92 Å². The number of carbonyl (C=O) groups excluding carboxylic acids is 1. The van der Waals surface area contributed by atoms with Gasteiger partial charge in [0.05, 0.1) is 22.8 Å². The van der Waals surface area contributed by atoms with Gasteiger partial charge in [-0.3, -0.25) is 10.1 Å². The first-order valence-corrected chi connectivity index (χ1v) is 5.85. The lowest BCUT2D eigenvalue weighted by Crippen LogP contribution is -2.13. The van der Waals surface area contributed by atoms with Crippen LogP contribution in [0.4, 0.5) is 11.4 Å². The van der Waals surface area contributed by atoms with Gasteiger partial charge in [0.1, 0.15) is 6.61 Å². The molecule has 1 aromatic carbocycles. The number of hydrogen-bond acceptors (Lipinski definition) is 6. The largest absolute Gasteiger partial charge is 0.460 e. The monoisotopic (exact) mass is 268 g/mol. The number of nitrogens with two attached hydrogens (primary N) is 1. The molecule has 7 nitrogen and oxygen atoms in total. The van der Waals surface area contributed by atoms with Crippen molar-refractivity contribution in [3.05, 3.63) is 33.9 Å². The van der Waals surface area contributed by atoms with E-state index in [2.05, 4.69) is 0 Å². The van der Waals surface area contributed by atoms with Crippen molar-refractivity contribution in [1.82, 2.24) is 0 Å². The molecule has 104 valence electrons. The molecule has 0 fully saturated rings. The number of nitrogen functional groups attached to an aromatic ring is 1. The minimum Gasteiger partial charge on any atom is -0.460 e. The Balaban J connectivity index is 2.55. The van der Waals surface area contributed by atoms with E-state index < -0.39 is 10.9 Å². The summed E-state index contributed by atoms with van der Waals surface area (Å²) in [5, 5.41) is 10.5. The summed E-state index contributed by atoms with van der Waals surface area (Å²) in [6.07, 6.45) is 0.892. The van der Waals surface area contributed by atoms with E-state index in [1.165, 1.54) is 12.1 Å².